The molecule has 3 amide bonds. The number of aromatic nitrogens is 5. The molecule has 0 radical (unpaired) electrons. The predicted octanol–water partition coefficient (Wildman–Crippen LogP) is 1.77. The molecule has 0 saturated carbocycles. The van der Waals surface area contributed by atoms with Gasteiger partial charge in [0.05, 0.1) is 5.56 Å². The largest absolute Gasteiger partial charge is 0.434 e. The molecule has 0 atom stereocenters. The van der Waals surface area contributed by atoms with Crippen LogP contribution < -0.4 is 10.2 Å². The molecular weight excluding hydrogens is 381 g/mol. The van der Waals surface area contributed by atoms with Gasteiger partial charge in [0.1, 0.15) is 5.82 Å². The molecule has 10 nitrogen and oxygen atoms in total. The highest BCUT2D eigenvalue weighted by Crippen LogP contribution is 2.32. The zero-order valence-electron chi connectivity index (χ0n) is 15.6. The zero-order chi connectivity index (χ0) is 21.1. The molecule has 0 aromatic carbocycles. The first-order chi connectivity index (χ1) is 13.1. The first-order valence-corrected chi connectivity index (χ1v) is 8.24. The number of pyridine rings is 1. The number of hydrogen-bond donors (Lipinski definition) is 1. The third kappa shape index (κ3) is 4.35. The van der Waals surface area contributed by atoms with Crippen molar-refractivity contribution in [2.75, 3.05) is 30.4 Å². The number of carbonyl (C=O) groups excluding carboxylic acids is 2. The van der Waals surface area contributed by atoms with E-state index in [-0.39, 0.29) is 11.8 Å². The highest BCUT2D eigenvalue weighted by Gasteiger charge is 2.38. The minimum Gasteiger partial charge on any atom is -0.325 e. The van der Waals surface area contributed by atoms with E-state index in [1.807, 2.05) is 0 Å². The topological polar surface area (TPSA) is 109 Å². The third-order valence-electron chi connectivity index (χ3n) is 3.90. The number of carbonyl (C=O) groups is 2. The van der Waals surface area contributed by atoms with Crippen molar-refractivity contribution in [1.82, 2.24) is 30.1 Å². The van der Waals surface area contributed by atoms with Crippen LogP contribution in [0.1, 0.15) is 29.9 Å². The van der Waals surface area contributed by atoms with Gasteiger partial charge in [-0.3, -0.25) is 15.0 Å². The Kier molecular flexibility index (Phi) is 6.16. The normalized spacial score (nSPS) is 11.2. The molecule has 2 heterocycles. The van der Waals surface area contributed by atoms with Gasteiger partial charge in [-0.2, -0.15) is 13.2 Å². The first-order valence-electron chi connectivity index (χ1n) is 8.24. The van der Waals surface area contributed by atoms with Gasteiger partial charge in [-0.15, -0.1) is 0 Å². The lowest BCUT2D eigenvalue weighted by atomic mass is 10.1. The van der Waals surface area contributed by atoms with Crippen LogP contribution in [0.3, 0.4) is 0 Å². The first kappa shape index (κ1) is 21.1. The second-order valence-electron chi connectivity index (χ2n) is 5.66. The molecule has 0 aliphatic rings. The number of rotatable bonds is 5. The predicted molar refractivity (Wildman–Crippen MR) is 92.7 cm³/mol. The van der Waals surface area contributed by atoms with E-state index in [1.165, 1.54) is 25.1 Å². The SMILES string of the molecule is CCN(CC)C(=O)N(C)c1ccc(C(=O)Nc2nnnn2C)c(C(F)(F)F)n1. The summed E-state index contributed by atoms with van der Waals surface area (Å²) in [7, 11) is 2.73. The van der Waals surface area contributed by atoms with Crippen molar-refractivity contribution in [3.05, 3.63) is 23.4 Å². The summed E-state index contributed by atoms with van der Waals surface area (Å²) in [5, 5.41) is 12.4. The number of nitrogens with zero attached hydrogens (tertiary/aromatic N) is 7. The van der Waals surface area contributed by atoms with Crippen molar-refractivity contribution in [2.24, 2.45) is 7.05 Å². The van der Waals surface area contributed by atoms with E-state index in [2.05, 4.69) is 25.8 Å². The van der Waals surface area contributed by atoms with Crippen molar-refractivity contribution in [3.63, 3.8) is 0 Å². The smallest absolute Gasteiger partial charge is 0.325 e. The lowest BCUT2D eigenvalue weighted by Gasteiger charge is -2.26. The van der Waals surface area contributed by atoms with Gasteiger partial charge in [0, 0.05) is 27.2 Å². The molecule has 13 heteroatoms. The number of urea groups is 1. The maximum absolute atomic E-state index is 13.5. The number of anilines is 2. The molecule has 0 aliphatic heterocycles. The average molecular weight is 400 g/mol. The van der Waals surface area contributed by atoms with Gasteiger partial charge < -0.3 is 4.90 Å². The molecule has 2 aromatic rings. The maximum atomic E-state index is 13.5. The van der Waals surface area contributed by atoms with Crippen LogP contribution in [-0.4, -0.2) is 62.2 Å². The van der Waals surface area contributed by atoms with Gasteiger partial charge in [-0.25, -0.2) is 14.5 Å². The minimum absolute atomic E-state index is 0.129. The van der Waals surface area contributed by atoms with Crippen molar-refractivity contribution < 1.29 is 22.8 Å². The fraction of sp³-hybridized carbons (Fsp3) is 0.467. The number of halogens is 3. The summed E-state index contributed by atoms with van der Waals surface area (Å²) >= 11 is 0. The van der Waals surface area contributed by atoms with E-state index >= 15 is 0 Å². The van der Waals surface area contributed by atoms with E-state index in [0.29, 0.717) is 13.1 Å². The molecule has 0 saturated heterocycles. The highest BCUT2D eigenvalue weighted by atomic mass is 19.4. The Hall–Kier alpha value is -3.25. The Labute approximate surface area is 158 Å². The monoisotopic (exact) mass is 400 g/mol. The molecule has 0 unspecified atom stereocenters. The van der Waals surface area contributed by atoms with Crippen molar-refractivity contribution in [3.8, 4) is 0 Å². The van der Waals surface area contributed by atoms with E-state index in [4.69, 9.17) is 0 Å². The van der Waals surface area contributed by atoms with Crippen molar-refractivity contribution in [1.29, 1.82) is 0 Å². The summed E-state index contributed by atoms with van der Waals surface area (Å²) in [4.78, 5) is 30.6. The average Bonchev–Trinajstić information content (AvgIpc) is 3.05. The molecule has 1 N–H and O–H groups in total. The summed E-state index contributed by atoms with van der Waals surface area (Å²) in [6.07, 6.45) is -4.92. The van der Waals surface area contributed by atoms with Gasteiger partial charge >= 0.3 is 12.2 Å². The van der Waals surface area contributed by atoms with Crippen LogP contribution in [0.25, 0.3) is 0 Å². The Morgan fingerprint density at radius 3 is 2.36 bits per heavy atom. The summed E-state index contributed by atoms with van der Waals surface area (Å²) in [6.45, 7) is 4.27. The number of nitrogens with one attached hydrogen (secondary N) is 1. The number of alkyl halides is 3. The molecule has 0 spiro atoms. The van der Waals surface area contributed by atoms with Gasteiger partial charge in [0.25, 0.3) is 5.91 Å². The molecule has 0 fully saturated rings. The van der Waals surface area contributed by atoms with Crippen molar-refractivity contribution in [2.45, 2.75) is 20.0 Å². The summed E-state index contributed by atoms with van der Waals surface area (Å²) in [6, 6.07) is 1.62. The van der Waals surface area contributed by atoms with Crippen LogP contribution in [0.2, 0.25) is 0 Å². The van der Waals surface area contributed by atoms with Crippen LogP contribution in [0.5, 0.6) is 0 Å². The van der Waals surface area contributed by atoms with E-state index < -0.39 is 29.4 Å². The Morgan fingerprint density at radius 2 is 1.86 bits per heavy atom. The second-order valence-corrected chi connectivity index (χ2v) is 5.66. The fourth-order valence-electron chi connectivity index (χ4n) is 2.34. The standard InChI is InChI=1S/C15H19F3N8O2/c1-5-26(6-2)14(28)24(3)10-8-7-9(11(19-10)15(16,17)18)12(27)20-13-21-22-23-25(13)4/h7-8H,5-6H2,1-4H3,(H,20,21,23,27). The molecule has 0 bridgehead atoms. The zero-order valence-corrected chi connectivity index (χ0v) is 15.6. The number of tetrazole rings is 1. The van der Waals surface area contributed by atoms with Gasteiger partial charge in [0.2, 0.25) is 5.95 Å². The lowest BCUT2D eigenvalue weighted by Crippen LogP contribution is -2.41. The minimum atomic E-state index is -4.92. The molecule has 0 aliphatic carbocycles. The molecule has 28 heavy (non-hydrogen) atoms. The van der Waals surface area contributed by atoms with Crippen molar-refractivity contribution >= 4 is 23.7 Å². The fourth-order valence-corrected chi connectivity index (χ4v) is 2.34. The van der Waals surface area contributed by atoms with Gasteiger partial charge in [-0.05, 0) is 36.4 Å². The summed E-state index contributed by atoms with van der Waals surface area (Å²) in [5.74, 6) is -1.45. The molecule has 2 aromatic heterocycles. The van der Waals surface area contributed by atoms with Gasteiger partial charge in [0.15, 0.2) is 5.69 Å². The maximum Gasteiger partial charge on any atom is 0.434 e. The second kappa shape index (κ2) is 8.19. The molecular formula is C15H19F3N8O2. The Morgan fingerprint density at radius 1 is 1.21 bits per heavy atom. The number of hydrogen-bond acceptors (Lipinski definition) is 6. The van der Waals surface area contributed by atoms with E-state index in [0.717, 1.165) is 15.6 Å². The van der Waals surface area contributed by atoms with Crippen LogP contribution in [0.4, 0.5) is 29.7 Å². The number of aryl methyl sites for hydroxylation is 1. The lowest BCUT2D eigenvalue weighted by molar-refractivity contribution is -0.141. The Balaban J connectivity index is 2.40. The third-order valence-corrected chi connectivity index (χ3v) is 3.90. The number of amides is 3. The van der Waals surface area contributed by atoms with Crippen LogP contribution in [0.15, 0.2) is 12.1 Å². The van der Waals surface area contributed by atoms with Gasteiger partial charge in [-0.1, -0.05) is 5.10 Å². The van der Waals surface area contributed by atoms with Crippen LogP contribution >= 0.6 is 0 Å². The molecule has 152 valence electrons. The van der Waals surface area contributed by atoms with E-state index in [1.54, 1.807) is 13.8 Å². The van der Waals surface area contributed by atoms with E-state index in [9.17, 15) is 22.8 Å². The van der Waals surface area contributed by atoms with Crippen LogP contribution in [-0.2, 0) is 13.2 Å². The Bertz CT molecular complexity index is 863. The quantitative estimate of drug-likeness (QED) is 0.819. The molecule has 2 rings (SSSR count). The summed E-state index contributed by atoms with van der Waals surface area (Å²) in [5.41, 5.74) is -2.14. The van der Waals surface area contributed by atoms with Crippen LogP contribution in [0, 0.1) is 0 Å². The summed E-state index contributed by atoms with van der Waals surface area (Å²) < 4.78 is 41.6. The highest BCUT2D eigenvalue weighted by molar-refractivity contribution is 6.04.